The first-order valence-electron chi connectivity index (χ1n) is 6.06. The highest BCUT2D eigenvalue weighted by Gasteiger charge is 2.31. The molecular formula is C13H22N2O4. The first-order valence-corrected chi connectivity index (χ1v) is 6.06. The molecule has 0 heterocycles. The summed E-state index contributed by atoms with van der Waals surface area (Å²) in [6, 6.07) is -0.531. The van der Waals surface area contributed by atoms with Crippen LogP contribution in [0.3, 0.4) is 0 Å². The summed E-state index contributed by atoms with van der Waals surface area (Å²) >= 11 is 0. The standard InChI is InChI=1S/C13H22N2O4/c1-6-15(8-9(2)3)12(19)14-10(16)7-13(4,5)11(17)18/h2,6-8H2,1,3-5H3,(H,17,18)(H,14,16,19). The Labute approximate surface area is 113 Å². The lowest BCUT2D eigenvalue weighted by molar-refractivity contribution is -0.149. The molecule has 0 saturated heterocycles. The van der Waals surface area contributed by atoms with Crippen molar-refractivity contribution in [2.75, 3.05) is 13.1 Å². The highest BCUT2D eigenvalue weighted by molar-refractivity contribution is 5.96. The van der Waals surface area contributed by atoms with E-state index < -0.39 is 23.3 Å². The lowest BCUT2D eigenvalue weighted by atomic mass is 9.89. The van der Waals surface area contributed by atoms with E-state index in [2.05, 4.69) is 11.9 Å². The van der Waals surface area contributed by atoms with Crippen molar-refractivity contribution in [3.05, 3.63) is 12.2 Å². The molecule has 6 heteroatoms. The van der Waals surface area contributed by atoms with E-state index >= 15 is 0 Å². The number of hydrogen-bond donors (Lipinski definition) is 2. The van der Waals surface area contributed by atoms with Gasteiger partial charge in [-0.3, -0.25) is 14.9 Å². The summed E-state index contributed by atoms with van der Waals surface area (Å²) in [5.41, 5.74) is -0.397. The van der Waals surface area contributed by atoms with Crippen molar-refractivity contribution in [2.24, 2.45) is 5.41 Å². The minimum Gasteiger partial charge on any atom is -0.481 e. The van der Waals surface area contributed by atoms with Crippen LogP contribution in [0.5, 0.6) is 0 Å². The number of carboxylic acids is 1. The number of rotatable bonds is 6. The number of amides is 3. The molecule has 0 aliphatic carbocycles. The molecule has 0 saturated carbocycles. The van der Waals surface area contributed by atoms with E-state index in [4.69, 9.17) is 5.11 Å². The molecule has 2 N–H and O–H groups in total. The lowest BCUT2D eigenvalue weighted by Gasteiger charge is -2.22. The van der Waals surface area contributed by atoms with E-state index in [1.807, 2.05) is 0 Å². The fraction of sp³-hybridized carbons (Fsp3) is 0.615. The van der Waals surface area contributed by atoms with Crippen LogP contribution in [0.2, 0.25) is 0 Å². The Morgan fingerprint density at radius 1 is 1.32 bits per heavy atom. The normalized spacial score (nSPS) is 10.7. The van der Waals surface area contributed by atoms with E-state index in [0.717, 1.165) is 5.57 Å². The quantitative estimate of drug-likeness (QED) is 0.718. The molecule has 0 bridgehead atoms. The Hall–Kier alpha value is -1.85. The number of carbonyl (C=O) groups is 3. The molecule has 3 amide bonds. The fourth-order valence-electron chi connectivity index (χ4n) is 1.37. The number of nitrogens with one attached hydrogen (secondary N) is 1. The van der Waals surface area contributed by atoms with Crippen molar-refractivity contribution in [3.63, 3.8) is 0 Å². The monoisotopic (exact) mass is 270 g/mol. The third kappa shape index (κ3) is 6.03. The maximum absolute atomic E-state index is 11.8. The van der Waals surface area contributed by atoms with E-state index in [1.54, 1.807) is 13.8 Å². The molecule has 0 radical (unpaired) electrons. The molecule has 0 unspecified atom stereocenters. The predicted octanol–water partition coefficient (Wildman–Crippen LogP) is 1.62. The van der Waals surface area contributed by atoms with Crippen LogP contribution in [0.4, 0.5) is 4.79 Å². The van der Waals surface area contributed by atoms with E-state index in [9.17, 15) is 14.4 Å². The van der Waals surface area contributed by atoms with Gasteiger partial charge in [-0.1, -0.05) is 12.2 Å². The van der Waals surface area contributed by atoms with Gasteiger partial charge in [0.05, 0.1) is 5.41 Å². The summed E-state index contributed by atoms with van der Waals surface area (Å²) in [6.45, 7) is 10.9. The second-order valence-corrected chi connectivity index (χ2v) is 5.19. The molecule has 0 spiro atoms. The van der Waals surface area contributed by atoms with Gasteiger partial charge in [0.1, 0.15) is 0 Å². The van der Waals surface area contributed by atoms with Gasteiger partial charge in [-0.15, -0.1) is 0 Å². The lowest BCUT2D eigenvalue weighted by Crippen LogP contribution is -2.45. The smallest absolute Gasteiger partial charge is 0.324 e. The van der Waals surface area contributed by atoms with Gasteiger partial charge in [0.2, 0.25) is 5.91 Å². The first-order chi connectivity index (χ1) is 8.60. The molecule has 19 heavy (non-hydrogen) atoms. The molecule has 0 aromatic rings. The average molecular weight is 270 g/mol. The second kappa shape index (κ2) is 6.92. The van der Waals surface area contributed by atoms with Crippen molar-refractivity contribution >= 4 is 17.9 Å². The Morgan fingerprint density at radius 2 is 1.84 bits per heavy atom. The SMILES string of the molecule is C=C(C)CN(CC)C(=O)NC(=O)CC(C)(C)C(=O)O. The summed E-state index contributed by atoms with van der Waals surface area (Å²) in [7, 11) is 0. The van der Waals surface area contributed by atoms with E-state index in [0.29, 0.717) is 13.1 Å². The van der Waals surface area contributed by atoms with E-state index in [-0.39, 0.29) is 6.42 Å². The Bertz CT molecular complexity index is 388. The number of likely N-dealkylation sites (N-methyl/N-ethyl adjacent to an activating group) is 1. The number of hydrogen-bond acceptors (Lipinski definition) is 3. The average Bonchev–Trinajstić information content (AvgIpc) is 2.23. The summed E-state index contributed by atoms with van der Waals surface area (Å²) in [6.07, 6.45) is -0.251. The van der Waals surface area contributed by atoms with Gasteiger partial charge in [0.25, 0.3) is 0 Å². The van der Waals surface area contributed by atoms with Crippen LogP contribution < -0.4 is 5.32 Å². The number of imide groups is 1. The summed E-state index contributed by atoms with van der Waals surface area (Å²) in [4.78, 5) is 35.7. The molecule has 0 aromatic carbocycles. The van der Waals surface area contributed by atoms with Gasteiger partial charge in [0.15, 0.2) is 0 Å². The third-order valence-electron chi connectivity index (χ3n) is 2.56. The highest BCUT2D eigenvalue weighted by Crippen LogP contribution is 2.20. The fourth-order valence-corrected chi connectivity index (χ4v) is 1.37. The van der Waals surface area contributed by atoms with Crippen LogP contribution in [0.15, 0.2) is 12.2 Å². The molecule has 0 rings (SSSR count). The van der Waals surface area contributed by atoms with Crippen molar-refractivity contribution < 1.29 is 19.5 Å². The Morgan fingerprint density at radius 3 is 2.21 bits per heavy atom. The number of aliphatic carboxylic acids is 1. The molecule has 6 nitrogen and oxygen atoms in total. The van der Waals surface area contributed by atoms with Crippen molar-refractivity contribution in [3.8, 4) is 0 Å². The number of urea groups is 1. The van der Waals surface area contributed by atoms with Crippen LogP contribution >= 0.6 is 0 Å². The van der Waals surface area contributed by atoms with Crippen molar-refractivity contribution in [2.45, 2.75) is 34.1 Å². The summed E-state index contributed by atoms with van der Waals surface area (Å²) in [5, 5.41) is 11.1. The Kier molecular flexibility index (Phi) is 6.24. The summed E-state index contributed by atoms with van der Waals surface area (Å²) < 4.78 is 0. The van der Waals surface area contributed by atoms with Crippen LogP contribution in [0.1, 0.15) is 34.1 Å². The second-order valence-electron chi connectivity index (χ2n) is 5.19. The molecule has 0 aliphatic heterocycles. The molecular weight excluding hydrogens is 248 g/mol. The maximum atomic E-state index is 11.8. The van der Waals surface area contributed by atoms with Crippen LogP contribution in [0, 0.1) is 5.41 Å². The number of nitrogens with zero attached hydrogens (tertiary/aromatic N) is 1. The zero-order valence-corrected chi connectivity index (χ0v) is 11.9. The maximum Gasteiger partial charge on any atom is 0.324 e. The molecule has 108 valence electrons. The van der Waals surface area contributed by atoms with Gasteiger partial charge < -0.3 is 10.0 Å². The topological polar surface area (TPSA) is 86.7 Å². The zero-order valence-electron chi connectivity index (χ0n) is 11.9. The van der Waals surface area contributed by atoms with Crippen LogP contribution in [-0.2, 0) is 9.59 Å². The largest absolute Gasteiger partial charge is 0.481 e. The number of carboxylic acid groups (broad SMARTS) is 1. The van der Waals surface area contributed by atoms with E-state index in [1.165, 1.54) is 18.7 Å². The number of carbonyl (C=O) groups excluding carboxylic acids is 2. The van der Waals surface area contributed by atoms with Crippen LogP contribution in [-0.4, -0.2) is 41.0 Å². The molecule has 0 atom stereocenters. The van der Waals surface area contributed by atoms with Gasteiger partial charge in [0, 0.05) is 19.5 Å². The summed E-state index contributed by atoms with van der Waals surface area (Å²) in [5.74, 6) is -1.68. The van der Waals surface area contributed by atoms with Crippen molar-refractivity contribution in [1.29, 1.82) is 0 Å². The molecule has 0 aliphatic rings. The predicted molar refractivity (Wildman–Crippen MR) is 71.6 cm³/mol. The first kappa shape index (κ1) is 17.2. The zero-order chi connectivity index (χ0) is 15.2. The van der Waals surface area contributed by atoms with Gasteiger partial charge >= 0.3 is 12.0 Å². The highest BCUT2D eigenvalue weighted by atomic mass is 16.4. The van der Waals surface area contributed by atoms with Gasteiger partial charge in [-0.2, -0.15) is 0 Å². The third-order valence-corrected chi connectivity index (χ3v) is 2.56. The van der Waals surface area contributed by atoms with Gasteiger partial charge in [-0.05, 0) is 27.7 Å². The minimum atomic E-state index is -1.20. The minimum absolute atomic E-state index is 0.251. The van der Waals surface area contributed by atoms with Crippen molar-refractivity contribution in [1.82, 2.24) is 10.2 Å². The van der Waals surface area contributed by atoms with Crippen LogP contribution in [0.25, 0.3) is 0 Å². The Balaban J connectivity index is 4.51. The van der Waals surface area contributed by atoms with Gasteiger partial charge in [-0.25, -0.2) is 4.79 Å². The molecule has 0 fully saturated rings. The molecule has 0 aromatic heterocycles.